The lowest BCUT2D eigenvalue weighted by molar-refractivity contribution is 0.0720. The fourth-order valence-corrected chi connectivity index (χ4v) is 2.91. The summed E-state index contributed by atoms with van der Waals surface area (Å²) in [5.41, 5.74) is 1.55. The Morgan fingerprint density at radius 1 is 1.47 bits per heavy atom. The fourth-order valence-electron chi connectivity index (χ4n) is 2.38. The Hall–Kier alpha value is -0.940. The molecule has 1 saturated carbocycles. The van der Waals surface area contributed by atoms with Crippen molar-refractivity contribution >= 4 is 17.2 Å². The van der Waals surface area contributed by atoms with Crippen molar-refractivity contribution < 1.29 is 9.90 Å². The first-order valence-electron chi connectivity index (χ1n) is 6.03. The van der Waals surface area contributed by atoms with Crippen LogP contribution in [0.3, 0.4) is 0 Å². The molecule has 0 spiro atoms. The first kappa shape index (κ1) is 12.5. The number of carbonyl (C=O) groups excluding carboxylic acids is 1. The van der Waals surface area contributed by atoms with E-state index in [-0.39, 0.29) is 17.9 Å². The molecule has 1 aromatic heterocycles. The molecule has 17 heavy (non-hydrogen) atoms. The van der Waals surface area contributed by atoms with Gasteiger partial charge in [-0.15, -0.1) is 11.3 Å². The van der Waals surface area contributed by atoms with Gasteiger partial charge >= 0.3 is 0 Å². The van der Waals surface area contributed by atoms with E-state index in [4.69, 9.17) is 0 Å². The van der Waals surface area contributed by atoms with Crippen molar-refractivity contribution in [1.82, 2.24) is 10.3 Å². The van der Waals surface area contributed by atoms with E-state index in [2.05, 4.69) is 10.3 Å². The summed E-state index contributed by atoms with van der Waals surface area (Å²) in [5.74, 6) is -0.0779. The largest absolute Gasteiger partial charge is 0.396 e. The van der Waals surface area contributed by atoms with Gasteiger partial charge in [-0.2, -0.15) is 0 Å². The van der Waals surface area contributed by atoms with Gasteiger partial charge in [0, 0.05) is 12.0 Å². The summed E-state index contributed by atoms with van der Waals surface area (Å²) < 4.78 is 0. The van der Waals surface area contributed by atoms with Gasteiger partial charge in [0.1, 0.15) is 4.88 Å². The van der Waals surface area contributed by atoms with Gasteiger partial charge in [0.15, 0.2) is 0 Å². The lowest BCUT2D eigenvalue weighted by Gasteiger charge is -2.35. The average Bonchev–Trinajstić information content (AvgIpc) is 2.91. The van der Waals surface area contributed by atoms with E-state index in [9.17, 15) is 9.90 Å². The predicted molar refractivity (Wildman–Crippen MR) is 67.1 cm³/mol. The molecule has 0 radical (unpaired) electrons. The Balaban J connectivity index is 1.89. The number of rotatable bonds is 4. The molecule has 0 atom stereocenters. The molecule has 1 aromatic rings. The molecule has 0 unspecified atom stereocenters. The smallest absolute Gasteiger partial charge is 0.263 e. The van der Waals surface area contributed by atoms with Gasteiger partial charge in [-0.3, -0.25) is 9.78 Å². The maximum absolute atomic E-state index is 11.8. The van der Waals surface area contributed by atoms with Crippen LogP contribution in [0.2, 0.25) is 0 Å². The average molecular weight is 254 g/mol. The standard InChI is InChI=1S/C12H18N2O2S/c15-8-12(4-2-1-3-5-12)7-14-11(16)10-6-13-9-17-10/h6,9,15H,1-5,7-8H2,(H,14,16). The first-order chi connectivity index (χ1) is 8.26. The van der Waals surface area contributed by atoms with E-state index in [1.807, 2.05) is 0 Å². The van der Waals surface area contributed by atoms with Crippen LogP contribution in [-0.2, 0) is 0 Å². The van der Waals surface area contributed by atoms with Crippen molar-refractivity contribution in [1.29, 1.82) is 0 Å². The van der Waals surface area contributed by atoms with Crippen LogP contribution in [0.4, 0.5) is 0 Å². The summed E-state index contributed by atoms with van der Waals surface area (Å²) in [6, 6.07) is 0. The molecule has 1 aliphatic carbocycles. The van der Waals surface area contributed by atoms with Gasteiger partial charge in [0.05, 0.1) is 18.3 Å². The Morgan fingerprint density at radius 3 is 2.82 bits per heavy atom. The SMILES string of the molecule is O=C(NCC1(CO)CCCCC1)c1cncs1. The van der Waals surface area contributed by atoms with Crippen molar-refractivity contribution in [3.63, 3.8) is 0 Å². The second-order valence-corrected chi connectivity index (χ2v) is 5.65. The van der Waals surface area contributed by atoms with E-state index >= 15 is 0 Å². The number of hydrogen-bond acceptors (Lipinski definition) is 4. The Bertz CT molecular complexity index is 359. The van der Waals surface area contributed by atoms with Gasteiger partial charge in [0.2, 0.25) is 0 Å². The zero-order valence-electron chi connectivity index (χ0n) is 9.82. The summed E-state index contributed by atoms with van der Waals surface area (Å²) in [7, 11) is 0. The monoisotopic (exact) mass is 254 g/mol. The third-order valence-electron chi connectivity index (χ3n) is 3.53. The predicted octanol–water partition coefficient (Wildman–Crippen LogP) is 1.82. The molecule has 1 aliphatic rings. The van der Waals surface area contributed by atoms with Crippen molar-refractivity contribution in [3.05, 3.63) is 16.6 Å². The fraction of sp³-hybridized carbons (Fsp3) is 0.667. The highest BCUT2D eigenvalue weighted by Crippen LogP contribution is 2.35. The van der Waals surface area contributed by atoms with Gasteiger partial charge in [-0.1, -0.05) is 19.3 Å². The molecule has 1 amide bonds. The zero-order valence-corrected chi connectivity index (χ0v) is 10.6. The minimum absolute atomic E-state index is 0.0779. The zero-order chi connectivity index (χ0) is 12.1. The lowest BCUT2D eigenvalue weighted by Crippen LogP contribution is -2.41. The van der Waals surface area contributed by atoms with Crippen LogP contribution in [-0.4, -0.2) is 29.1 Å². The number of nitrogens with one attached hydrogen (secondary N) is 1. The highest BCUT2D eigenvalue weighted by Gasteiger charge is 2.31. The Morgan fingerprint density at radius 2 is 2.24 bits per heavy atom. The molecular weight excluding hydrogens is 236 g/mol. The second kappa shape index (κ2) is 5.60. The van der Waals surface area contributed by atoms with Gasteiger partial charge in [0.25, 0.3) is 5.91 Å². The van der Waals surface area contributed by atoms with Crippen molar-refractivity contribution in [3.8, 4) is 0 Å². The van der Waals surface area contributed by atoms with Crippen LogP contribution in [0, 0.1) is 5.41 Å². The van der Waals surface area contributed by atoms with Crippen LogP contribution in [0.1, 0.15) is 41.8 Å². The lowest BCUT2D eigenvalue weighted by atomic mass is 9.74. The molecule has 2 N–H and O–H groups in total. The van der Waals surface area contributed by atoms with Crippen LogP contribution in [0.15, 0.2) is 11.7 Å². The molecule has 1 heterocycles. The summed E-state index contributed by atoms with van der Waals surface area (Å²) in [6.07, 6.45) is 7.13. The number of aliphatic hydroxyl groups is 1. The molecule has 4 nitrogen and oxygen atoms in total. The minimum atomic E-state index is -0.0986. The number of aliphatic hydroxyl groups excluding tert-OH is 1. The minimum Gasteiger partial charge on any atom is -0.396 e. The maximum Gasteiger partial charge on any atom is 0.263 e. The van der Waals surface area contributed by atoms with Crippen molar-refractivity contribution in [2.45, 2.75) is 32.1 Å². The number of aromatic nitrogens is 1. The number of nitrogens with zero attached hydrogens (tertiary/aromatic N) is 1. The number of thiazole rings is 1. The first-order valence-corrected chi connectivity index (χ1v) is 6.91. The van der Waals surface area contributed by atoms with E-state index in [0.29, 0.717) is 11.4 Å². The molecule has 1 fully saturated rings. The van der Waals surface area contributed by atoms with Crippen LogP contribution in [0.25, 0.3) is 0 Å². The highest BCUT2D eigenvalue weighted by molar-refractivity contribution is 7.11. The molecular formula is C12H18N2O2S. The molecule has 5 heteroatoms. The van der Waals surface area contributed by atoms with E-state index in [1.165, 1.54) is 17.8 Å². The van der Waals surface area contributed by atoms with Gasteiger partial charge in [-0.05, 0) is 12.8 Å². The quantitative estimate of drug-likeness (QED) is 0.861. The number of hydrogen-bond donors (Lipinski definition) is 2. The highest BCUT2D eigenvalue weighted by atomic mass is 32.1. The summed E-state index contributed by atoms with van der Waals surface area (Å²) in [4.78, 5) is 16.3. The molecule has 0 aromatic carbocycles. The van der Waals surface area contributed by atoms with Gasteiger partial charge < -0.3 is 10.4 Å². The molecule has 0 aliphatic heterocycles. The van der Waals surface area contributed by atoms with E-state index < -0.39 is 0 Å². The van der Waals surface area contributed by atoms with Crippen molar-refractivity contribution in [2.75, 3.05) is 13.2 Å². The summed E-state index contributed by atoms with van der Waals surface area (Å²) in [5, 5.41) is 12.4. The third kappa shape index (κ3) is 3.04. The van der Waals surface area contributed by atoms with Crippen LogP contribution in [0.5, 0.6) is 0 Å². The van der Waals surface area contributed by atoms with Crippen LogP contribution < -0.4 is 5.32 Å². The molecule has 94 valence electrons. The Labute approximate surface area is 105 Å². The topological polar surface area (TPSA) is 62.2 Å². The summed E-state index contributed by atoms with van der Waals surface area (Å²) >= 11 is 1.34. The van der Waals surface area contributed by atoms with Crippen molar-refractivity contribution in [2.24, 2.45) is 5.41 Å². The summed E-state index contributed by atoms with van der Waals surface area (Å²) in [6.45, 7) is 0.732. The maximum atomic E-state index is 11.8. The van der Waals surface area contributed by atoms with E-state index in [1.54, 1.807) is 11.7 Å². The molecule has 0 bridgehead atoms. The normalized spacial score (nSPS) is 18.9. The van der Waals surface area contributed by atoms with Crippen LogP contribution >= 0.6 is 11.3 Å². The van der Waals surface area contributed by atoms with Gasteiger partial charge in [-0.25, -0.2) is 0 Å². The number of amides is 1. The van der Waals surface area contributed by atoms with E-state index in [0.717, 1.165) is 25.7 Å². The Kier molecular flexibility index (Phi) is 4.12. The second-order valence-electron chi connectivity index (χ2n) is 4.77. The number of carbonyl (C=O) groups is 1. The molecule has 0 saturated heterocycles. The molecule has 2 rings (SSSR count). The third-order valence-corrected chi connectivity index (χ3v) is 4.30.